The van der Waals surface area contributed by atoms with Gasteiger partial charge in [0.05, 0.1) is 10.9 Å². The molecule has 0 aliphatic rings. The second kappa shape index (κ2) is 15.6. The Labute approximate surface area is 298 Å². The van der Waals surface area contributed by atoms with Gasteiger partial charge in [-0.2, -0.15) is 0 Å². The van der Waals surface area contributed by atoms with Gasteiger partial charge >= 0.3 is 0 Å². The van der Waals surface area contributed by atoms with Crippen LogP contribution in [-0.2, 0) is 10.9 Å². The molecule has 4 nitrogen and oxygen atoms in total. The molecular formula is C42H33O4S3+. The molecule has 0 aromatic heterocycles. The van der Waals surface area contributed by atoms with Gasteiger partial charge in [0.25, 0.3) is 0 Å². The molecule has 0 aliphatic carbocycles. The molecule has 0 amide bonds. The number of ketones is 3. The van der Waals surface area contributed by atoms with Gasteiger partial charge in [-0.05, 0) is 142 Å². The Morgan fingerprint density at radius 2 is 0.633 bits per heavy atom. The van der Waals surface area contributed by atoms with Crippen LogP contribution >= 0.6 is 23.5 Å². The number of hydrogen-bond acceptors (Lipinski definition) is 6. The fourth-order valence-electron chi connectivity index (χ4n) is 5.02. The van der Waals surface area contributed by atoms with Crippen LogP contribution in [0.25, 0.3) is 0 Å². The SMILES string of the molecule is CC(=O)c1ccc(Oc2ccc([S+](c3ccc(Sc4ccc(C(C)=O)cc4)cc3)c3ccc(Sc4ccc(C(C)=O)cc4)cc3)cc2)cc1. The predicted octanol–water partition coefficient (Wildman–Crippen LogP) is 11.5. The first kappa shape index (κ1) is 34.1. The highest BCUT2D eigenvalue weighted by Gasteiger charge is 2.29. The Hall–Kier alpha value is -4.82. The van der Waals surface area contributed by atoms with Crippen LogP contribution in [0.3, 0.4) is 0 Å². The average molecular weight is 698 g/mol. The normalized spacial score (nSPS) is 10.9. The van der Waals surface area contributed by atoms with E-state index < -0.39 is 10.9 Å². The Balaban J connectivity index is 1.25. The van der Waals surface area contributed by atoms with Gasteiger partial charge in [-0.1, -0.05) is 47.8 Å². The van der Waals surface area contributed by atoms with Crippen molar-refractivity contribution in [3.05, 3.63) is 162 Å². The molecule has 0 aliphatic heterocycles. The van der Waals surface area contributed by atoms with Gasteiger partial charge in [0.2, 0.25) is 0 Å². The zero-order chi connectivity index (χ0) is 34.3. The van der Waals surface area contributed by atoms with Crippen LogP contribution in [-0.4, -0.2) is 17.3 Å². The lowest BCUT2D eigenvalue weighted by molar-refractivity contribution is 0.100. The second-order valence-electron chi connectivity index (χ2n) is 11.3. The van der Waals surface area contributed by atoms with Crippen LogP contribution in [0.4, 0.5) is 0 Å². The van der Waals surface area contributed by atoms with Crippen LogP contribution in [0.1, 0.15) is 51.8 Å². The maximum Gasteiger partial charge on any atom is 0.166 e. The molecule has 0 fully saturated rings. The molecule has 0 saturated heterocycles. The predicted molar refractivity (Wildman–Crippen MR) is 199 cm³/mol. The van der Waals surface area contributed by atoms with Gasteiger partial charge in [-0.25, -0.2) is 0 Å². The van der Waals surface area contributed by atoms with E-state index in [1.807, 2.05) is 72.8 Å². The van der Waals surface area contributed by atoms with Crippen molar-refractivity contribution in [2.24, 2.45) is 0 Å². The van der Waals surface area contributed by atoms with Crippen molar-refractivity contribution in [3.63, 3.8) is 0 Å². The quantitative estimate of drug-likeness (QED) is 0.0937. The van der Waals surface area contributed by atoms with Gasteiger partial charge in [0.15, 0.2) is 32.0 Å². The second-order valence-corrected chi connectivity index (χ2v) is 15.6. The summed E-state index contributed by atoms with van der Waals surface area (Å²) in [5.74, 6) is 1.53. The van der Waals surface area contributed by atoms with E-state index in [1.54, 1.807) is 56.4 Å². The summed E-state index contributed by atoms with van der Waals surface area (Å²) in [6, 6.07) is 48.1. The van der Waals surface area contributed by atoms with E-state index >= 15 is 0 Å². The molecule has 0 spiro atoms. The van der Waals surface area contributed by atoms with Crippen LogP contribution in [0.15, 0.2) is 180 Å². The minimum absolute atomic E-state index is 0.0211. The summed E-state index contributed by atoms with van der Waals surface area (Å²) in [5.41, 5.74) is 2.07. The minimum atomic E-state index is -0.391. The Kier molecular flexibility index (Phi) is 10.8. The smallest absolute Gasteiger partial charge is 0.166 e. The lowest BCUT2D eigenvalue weighted by Gasteiger charge is -2.11. The first-order valence-corrected chi connectivity index (χ1v) is 18.5. The fraction of sp³-hybridized carbons (Fsp3) is 0.0714. The topological polar surface area (TPSA) is 60.4 Å². The standard InChI is InChI=1S/C42H33O4S3/c1-28(43)31-4-10-34(11-5-31)46-35-12-22-40(23-13-35)49(41-24-18-38(19-25-41)47-36-14-6-32(7-15-36)29(2)44)42-26-20-39(21-27-42)48-37-16-8-33(9-17-37)30(3)45/h4-27H,1-3H3/q+1. The summed E-state index contributed by atoms with van der Waals surface area (Å²) in [4.78, 5) is 42.9. The molecule has 242 valence electrons. The number of carbonyl (C=O) groups excluding carboxylic acids is 3. The van der Waals surface area contributed by atoms with E-state index in [0.29, 0.717) is 28.2 Å². The molecule has 49 heavy (non-hydrogen) atoms. The monoisotopic (exact) mass is 697 g/mol. The third-order valence-corrected chi connectivity index (χ3v) is 11.9. The maximum absolute atomic E-state index is 11.7. The van der Waals surface area contributed by atoms with E-state index in [4.69, 9.17) is 4.74 Å². The van der Waals surface area contributed by atoms with Crippen molar-refractivity contribution in [2.45, 2.75) is 55.0 Å². The summed E-state index contributed by atoms with van der Waals surface area (Å²) in [6.45, 7) is 4.71. The number of benzene rings is 6. The molecular weight excluding hydrogens is 665 g/mol. The number of ether oxygens (including phenoxy) is 1. The number of carbonyl (C=O) groups is 3. The van der Waals surface area contributed by atoms with Crippen LogP contribution in [0.2, 0.25) is 0 Å². The Morgan fingerprint density at radius 3 is 0.939 bits per heavy atom. The molecule has 6 aromatic carbocycles. The van der Waals surface area contributed by atoms with Gasteiger partial charge in [0, 0.05) is 36.3 Å². The third kappa shape index (κ3) is 8.81. The van der Waals surface area contributed by atoms with Crippen LogP contribution in [0, 0.1) is 0 Å². The van der Waals surface area contributed by atoms with Crippen molar-refractivity contribution in [2.75, 3.05) is 0 Å². The molecule has 0 unspecified atom stereocenters. The molecule has 0 saturated carbocycles. The highest BCUT2D eigenvalue weighted by atomic mass is 32.2. The molecule has 0 N–H and O–H groups in total. The largest absolute Gasteiger partial charge is 0.457 e. The highest BCUT2D eigenvalue weighted by molar-refractivity contribution is 7.99. The summed E-state index contributed by atoms with van der Waals surface area (Å²) in [6.07, 6.45) is 0. The minimum Gasteiger partial charge on any atom is -0.457 e. The fourth-order valence-corrected chi connectivity index (χ4v) is 8.70. The first-order valence-electron chi connectivity index (χ1n) is 15.6. The Bertz CT molecular complexity index is 1830. The summed E-state index contributed by atoms with van der Waals surface area (Å²) in [7, 11) is -0.391. The molecule has 6 aromatic rings. The molecule has 0 atom stereocenters. The maximum atomic E-state index is 11.7. The molecule has 6 rings (SSSR count). The average Bonchev–Trinajstić information content (AvgIpc) is 3.11. The lowest BCUT2D eigenvalue weighted by atomic mass is 10.1. The number of hydrogen-bond donors (Lipinski definition) is 0. The lowest BCUT2D eigenvalue weighted by Crippen LogP contribution is -2.05. The third-order valence-electron chi connectivity index (χ3n) is 7.67. The summed E-state index contributed by atoms with van der Waals surface area (Å²) in [5, 5.41) is 0. The number of Topliss-reactive ketones (excluding diaryl/α,β-unsaturated/α-hetero) is 3. The van der Waals surface area contributed by atoms with Crippen LogP contribution in [0.5, 0.6) is 11.5 Å². The van der Waals surface area contributed by atoms with Crippen LogP contribution < -0.4 is 4.74 Å². The van der Waals surface area contributed by atoms with E-state index in [0.717, 1.165) is 24.5 Å². The summed E-state index contributed by atoms with van der Waals surface area (Å²) < 4.78 is 6.09. The van der Waals surface area contributed by atoms with Crippen molar-refractivity contribution >= 4 is 51.8 Å². The van der Waals surface area contributed by atoms with Gasteiger partial charge in [-0.3, -0.25) is 14.4 Å². The summed E-state index contributed by atoms with van der Waals surface area (Å²) >= 11 is 3.33. The highest BCUT2D eigenvalue weighted by Crippen LogP contribution is 2.37. The van der Waals surface area contributed by atoms with E-state index in [9.17, 15) is 14.4 Å². The van der Waals surface area contributed by atoms with E-state index in [-0.39, 0.29) is 17.3 Å². The van der Waals surface area contributed by atoms with Gasteiger partial charge in [0.1, 0.15) is 11.5 Å². The van der Waals surface area contributed by atoms with Crippen molar-refractivity contribution in [1.29, 1.82) is 0 Å². The van der Waals surface area contributed by atoms with E-state index in [1.165, 1.54) is 9.79 Å². The van der Waals surface area contributed by atoms with Gasteiger partial charge < -0.3 is 4.74 Å². The van der Waals surface area contributed by atoms with Gasteiger partial charge in [-0.15, -0.1) is 0 Å². The zero-order valence-corrected chi connectivity index (χ0v) is 29.7. The molecule has 0 radical (unpaired) electrons. The van der Waals surface area contributed by atoms with Crippen molar-refractivity contribution < 1.29 is 19.1 Å². The zero-order valence-electron chi connectivity index (χ0n) is 27.2. The van der Waals surface area contributed by atoms with E-state index in [2.05, 4.69) is 60.7 Å². The number of rotatable bonds is 12. The molecule has 0 bridgehead atoms. The molecule has 0 heterocycles. The van der Waals surface area contributed by atoms with Crippen molar-refractivity contribution in [3.8, 4) is 11.5 Å². The Morgan fingerprint density at radius 1 is 0.388 bits per heavy atom. The van der Waals surface area contributed by atoms with Crippen molar-refractivity contribution in [1.82, 2.24) is 0 Å². The molecule has 7 heteroatoms. The first-order chi connectivity index (χ1) is 23.7.